The SMILES string of the molecule is C=CCCCOc1ccc(C(=O)Oc2ccc(-c3ccc(C4CCC(OCCCC)CC4)c(F)c3F)cc2)c(F)c1. The van der Waals surface area contributed by atoms with Gasteiger partial charge in [-0.2, -0.15) is 0 Å². The Hall–Kier alpha value is -3.58. The molecule has 0 amide bonds. The smallest absolute Gasteiger partial charge is 0.346 e. The highest BCUT2D eigenvalue weighted by molar-refractivity contribution is 5.91. The first-order valence-corrected chi connectivity index (χ1v) is 14.4. The number of esters is 1. The topological polar surface area (TPSA) is 44.8 Å². The van der Waals surface area contributed by atoms with Gasteiger partial charge in [-0.05, 0) is 86.3 Å². The molecular formula is C34H37F3O4. The minimum Gasteiger partial charge on any atom is -0.493 e. The first-order chi connectivity index (χ1) is 19.9. The number of carbonyl (C=O) groups is 1. The molecular weight excluding hydrogens is 529 g/mol. The molecule has 0 N–H and O–H groups in total. The van der Waals surface area contributed by atoms with E-state index in [1.165, 1.54) is 36.4 Å². The predicted molar refractivity (Wildman–Crippen MR) is 154 cm³/mol. The number of ether oxygens (including phenoxy) is 3. The van der Waals surface area contributed by atoms with Gasteiger partial charge in [0.1, 0.15) is 17.3 Å². The van der Waals surface area contributed by atoms with E-state index in [4.69, 9.17) is 14.2 Å². The molecule has 0 bridgehead atoms. The Balaban J connectivity index is 1.37. The largest absolute Gasteiger partial charge is 0.493 e. The van der Waals surface area contributed by atoms with Gasteiger partial charge in [0.15, 0.2) is 11.6 Å². The molecule has 1 fully saturated rings. The van der Waals surface area contributed by atoms with Gasteiger partial charge in [-0.3, -0.25) is 0 Å². The van der Waals surface area contributed by atoms with Crippen LogP contribution in [0.2, 0.25) is 0 Å². The molecule has 3 aromatic rings. The Labute approximate surface area is 240 Å². The highest BCUT2D eigenvalue weighted by Gasteiger charge is 2.27. The van der Waals surface area contributed by atoms with Gasteiger partial charge in [0.05, 0.1) is 18.3 Å². The number of carbonyl (C=O) groups excluding carboxylic acids is 1. The summed E-state index contributed by atoms with van der Waals surface area (Å²) in [6.07, 6.45) is 8.84. The first-order valence-electron chi connectivity index (χ1n) is 14.4. The first kappa shape index (κ1) is 30.4. The summed E-state index contributed by atoms with van der Waals surface area (Å²) in [5.41, 5.74) is 0.720. The molecule has 0 saturated heterocycles. The van der Waals surface area contributed by atoms with Crippen LogP contribution in [-0.2, 0) is 4.74 Å². The average molecular weight is 567 g/mol. The fraction of sp³-hybridized carbons (Fsp3) is 0.382. The average Bonchev–Trinajstić information content (AvgIpc) is 2.98. The molecule has 4 nitrogen and oxygen atoms in total. The van der Waals surface area contributed by atoms with Crippen molar-refractivity contribution in [1.82, 2.24) is 0 Å². The zero-order valence-electron chi connectivity index (χ0n) is 23.5. The quantitative estimate of drug-likeness (QED) is 0.0896. The predicted octanol–water partition coefficient (Wildman–Crippen LogP) is 9.18. The monoisotopic (exact) mass is 566 g/mol. The van der Waals surface area contributed by atoms with Gasteiger partial charge >= 0.3 is 5.97 Å². The Morgan fingerprint density at radius 2 is 1.63 bits per heavy atom. The minimum atomic E-state index is -0.901. The van der Waals surface area contributed by atoms with Gasteiger partial charge in [-0.15, -0.1) is 6.58 Å². The molecule has 0 aliphatic heterocycles. The van der Waals surface area contributed by atoms with Gasteiger partial charge in [0.2, 0.25) is 0 Å². The molecule has 3 aromatic carbocycles. The van der Waals surface area contributed by atoms with Crippen LogP contribution in [0.5, 0.6) is 11.5 Å². The molecule has 0 spiro atoms. The Kier molecular flexibility index (Phi) is 11.0. The number of hydrogen-bond acceptors (Lipinski definition) is 4. The maximum atomic E-state index is 15.2. The van der Waals surface area contributed by atoms with Gasteiger partial charge in [-0.25, -0.2) is 18.0 Å². The molecule has 0 atom stereocenters. The lowest BCUT2D eigenvalue weighted by Crippen LogP contribution is -2.22. The Bertz CT molecular complexity index is 1310. The summed E-state index contributed by atoms with van der Waals surface area (Å²) in [6.45, 7) is 6.92. The van der Waals surface area contributed by atoms with Gasteiger partial charge < -0.3 is 14.2 Å². The van der Waals surface area contributed by atoms with Crippen LogP contribution >= 0.6 is 0 Å². The Morgan fingerprint density at radius 3 is 2.32 bits per heavy atom. The highest BCUT2D eigenvalue weighted by atomic mass is 19.2. The van der Waals surface area contributed by atoms with Crippen molar-refractivity contribution in [2.75, 3.05) is 13.2 Å². The summed E-state index contributed by atoms with van der Waals surface area (Å²) >= 11 is 0. The van der Waals surface area contributed by atoms with Crippen LogP contribution in [0.15, 0.2) is 67.3 Å². The second-order valence-corrected chi connectivity index (χ2v) is 10.4. The van der Waals surface area contributed by atoms with Crippen LogP contribution in [0.3, 0.4) is 0 Å². The molecule has 0 radical (unpaired) electrons. The van der Waals surface area contributed by atoms with Crippen molar-refractivity contribution < 1.29 is 32.2 Å². The van der Waals surface area contributed by atoms with Crippen LogP contribution in [0.25, 0.3) is 11.1 Å². The second kappa shape index (κ2) is 14.9. The normalized spacial score (nSPS) is 16.8. The van der Waals surface area contributed by atoms with Crippen molar-refractivity contribution in [2.45, 2.75) is 70.3 Å². The van der Waals surface area contributed by atoms with Crippen molar-refractivity contribution in [2.24, 2.45) is 0 Å². The zero-order valence-corrected chi connectivity index (χ0v) is 23.5. The van der Waals surface area contributed by atoms with E-state index < -0.39 is 23.4 Å². The van der Waals surface area contributed by atoms with E-state index in [-0.39, 0.29) is 28.9 Å². The van der Waals surface area contributed by atoms with E-state index in [0.717, 1.165) is 64.0 Å². The third kappa shape index (κ3) is 8.00. The lowest BCUT2D eigenvalue weighted by molar-refractivity contribution is 0.0230. The standard InChI is InChI=1S/C34H37F3O4/c1-3-5-7-21-40-27-16-17-30(31(35)22-27)34(38)41-26-14-10-24(11-15-26)29-19-18-28(32(36)33(29)37)23-8-12-25(13-9-23)39-20-6-4-2/h3,10-11,14-19,22-23,25H,1,4-9,12-13,20-21H2,2H3. The van der Waals surface area contributed by atoms with Crippen molar-refractivity contribution in [3.8, 4) is 22.6 Å². The van der Waals surface area contributed by atoms with Crippen molar-refractivity contribution in [3.05, 3.63) is 95.8 Å². The third-order valence-corrected chi connectivity index (χ3v) is 7.44. The van der Waals surface area contributed by atoms with E-state index in [2.05, 4.69) is 13.5 Å². The molecule has 1 aliphatic rings. The third-order valence-electron chi connectivity index (χ3n) is 7.44. The molecule has 0 aromatic heterocycles. The zero-order chi connectivity index (χ0) is 29.2. The summed E-state index contributed by atoms with van der Waals surface area (Å²) in [7, 11) is 0. The number of benzene rings is 3. The lowest BCUT2D eigenvalue weighted by atomic mass is 9.82. The molecule has 41 heavy (non-hydrogen) atoms. The number of allylic oxidation sites excluding steroid dienone is 1. The van der Waals surface area contributed by atoms with Gasteiger partial charge in [0.25, 0.3) is 0 Å². The molecule has 4 rings (SSSR count). The van der Waals surface area contributed by atoms with Crippen LogP contribution in [-0.4, -0.2) is 25.3 Å². The molecule has 1 aliphatic carbocycles. The number of halogens is 3. The minimum absolute atomic E-state index is 0.0374. The number of hydrogen-bond donors (Lipinski definition) is 0. The fourth-order valence-corrected chi connectivity index (χ4v) is 5.07. The van der Waals surface area contributed by atoms with Crippen LogP contribution in [0.1, 0.15) is 80.1 Å². The van der Waals surface area contributed by atoms with E-state index in [1.54, 1.807) is 18.2 Å². The lowest BCUT2D eigenvalue weighted by Gasteiger charge is -2.29. The van der Waals surface area contributed by atoms with E-state index in [1.807, 2.05) is 0 Å². The second-order valence-electron chi connectivity index (χ2n) is 10.4. The summed E-state index contributed by atoms with van der Waals surface area (Å²) < 4.78 is 61.5. The van der Waals surface area contributed by atoms with Crippen LogP contribution in [0, 0.1) is 17.5 Å². The number of unbranched alkanes of at least 4 members (excludes halogenated alkanes) is 2. The molecule has 0 heterocycles. The fourth-order valence-electron chi connectivity index (χ4n) is 5.07. The molecule has 7 heteroatoms. The molecule has 218 valence electrons. The van der Waals surface area contributed by atoms with Crippen molar-refractivity contribution in [1.29, 1.82) is 0 Å². The molecule has 0 unspecified atom stereocenters. The van der Waals surface area contributed by atoms with Crippen LogP contribution in [0.4, 0.5) is 13.2 Å². The van der Waals surface area contributed by atoms with Gasteiger partial charge in [-0.1, -0.05) is 43.7 Å². The Morgan fingerprint density at radius 1 is 0.902 bits per heavy atom. The van der Waals surface area contributed by atoms with E-state index >= 15 is 8.78 Å². The summed E-state index contributed by atoms with van der Waals surface area (Å²) in [5.74, 6) is -2.93. The summed E-state index contributed by atoms with van der Waals surface area (Å²) in [4.78, 5) is 12.5. The summed E-state index contributed by atoms with van der Waals surface area (Å²) in [5, 5.41) is 0. The van der Waals surface area contributed by atoms with Crippen LogP contribution < -0.4 is 9.47 Å². The van der Waals surface area contributed by atoms with Crippen molar-refractivity contribution in [3.63, 3.8) is 0 Å². The maximum absolute atomic E-state index is 15.2. The van der Waals surface area contributed by atoms with Crippen molar-refractivity contribution >= 4 is 5.97 Å². The van der Waals surface area contributed by atoms with Gasteiger partial charge in [0, 0.05) is 18.2 Å². The highest BCUT2D eigenvalue weighted by Crippen LogP contribution is 2.38. The van der Waals surface area contributed by atoms with E-state index in [0.29, 0.717) is 23.5 Å². The number of rotatable bonds is 13. The molecule has 1 saturated carbocycles. The summed E-state index contributed by atoms with van der Waals surface area (Å²) in [6, 6.07) is 13.2. The maximum Gasteiger partial charge on any atom is 0.346 e. The van der Waals surface area contributed by atoms with E-state index in [9.17, 15) is 9.18 Å².